The number of rotatable bonds is 2. The maximum Gasteiger partial charge on any atom is 0.136 e. The van der Waals surface area contributed by atoms with Crippen LogP contribution in [0.15, 0.2) is 60.9 Å². The van der Waals surface area contributed by atoms with E-state index < -0.39 is 0 Å². The lowest BCUT2D eigenvalue weighted by molar-refractivity contribution is 1.03. The number of hydrogen-bond donors (Lipinski definition) is 0. The minimum atomic E-state index is 0. The van der Waals surface area contributed by atoms with Gasteiger partial charge in [-0.3, -0.25) is 0 Å². The second kappa shape index (κ2) is 5.15. The Balaban J connectivity index is 0.00000108. The smallest absolute Gasteiger partial charge is 0.136 e. The fraction of sp³-hybridized carbons (Fsp3) is 0.0714. The summed E-state index contributed by atoms with van der Waals surface area (Å²) in [5, 5.41) is 0. The summed E-state index contributed by atoms with van der Waals surface area (Å²) in [5.74, 6) is 0. The molecule has 0 saturated carbocycles. The number of benzene rings is 1. The topological polar surface area (TPSA) is 17.3 Å². The molecule has 0 unspecified atom stereocenters. The Bertz CT molecular complexity index is 602. The van der Waals surface area contributed by atoms with E-state index in [2.05, 4.69) is 39.8 Å². The van der Waals surface area contributed by atoms with E-state index in [0.29, 0.717) is 0 Å². The van der Waals surface area contributed by atoms with Crippen molar-refractivity contribution in [2.45, 2.75) is 6.42 Å². The van der Waals surface area contributed by atoms with Crippen molar-refractivity contribution in [1.82, 2.24) is 9.38 Å². The number of halogens is 1. The van der Waals surface area contributed by atoms with E-state index in [-0.39, 0.29) is 17.0 Å². The van der Waals surface area contributed by atoms with Crippen LogP contribution in [0.4, 0.5) is 0 Å². The number of nitrogens with zero attached hydrogens (tertiary/aromatic N) is 2. The highest BCUT2D eigenvalue weighted by Crippen LogP contribution is 2.11. The van der Waals surface area contributed by atoms with Crippen LogP contribution < -0.4 is 0 Å². The molecule has 0 radical (unpaired) electrons. The zero-order valence-corrected chi connectivity index (χ0v) is 11.0. The summed E-state index contributed by atoms with van der Waals surface area (Å²) in [6.45, 7) is 0. The van der Waals surface area contributed by atoms with E-state index in [0.717, 1.165) is 12.1 Å². The summed E-state index contributed by atoms with van der Waals surface area (Å²) in [7, 11) is 0. The lowest BCUT2D eigenvalue weighted by Gasteiger charge is -2.01. The predicted molar refractivity (Wildman–Crippen MR) is 74.8 cm³/mol. The van der Waals surface area contributed by atoms with Crippen molar-refractivity contribution in [1.29, 1.82) is 0 Å². The largest absolute Gasteiger partial charge is 0.304 e. The van der Waals surface area contributed by atoms with Gasteiger partial charge in [0.15, 0.2) is 0 Å². The zero-order valence-electron chi connectivity index (χ0n) is 9.28. The third-order valence-electron chi connectivity index (χ3n) is 2.72. The highest BCUT2D eigenvalue weighted by atomic mass is 79.9. The molecule has 0 bridgehead atoms. The van der Waals surface area contributed by atoms with Gasteiger partial charge in [0.2, 0.25) is 0 Å². The number of imidazole rings is 1. The van der Waals surface area contributed by atoms with Gasteiger partial charge in [0.25, 0.3) is 0 Å². The van der Waals surface area contributed by atoms with Crippen LogP contribution in [-0.4, -0.2) is 9.38 Å². The quantitative estimate of drug-likeness (QED) is 0.705. The van der Waals surface area contributed by atoms with E-state index in [1.54, 1.807) is 0 Å². The van der Waals surface area contributed by atoms with Crippen molar-refractivity contribution in [3.05, 3.63) is 72.2 Å². The van der Waals surface area contributed by atoms with Crippen molar-refractivity contribution in [3.63, 3.8) is 0 Å². The number of aromatic nitrogens is 2. The fourth-order valence-corrected chi connectivity index (χ4v) is 1.92. The first-order valence-corrected chi connectivity index (χ1v) is 5.38. The summed E-state index contributed by atoms with van der Waals surface area (Å²) in [5.41, 5.74) is 3.54. The van der Waals surface area contributed by atoms with Crippen LogP contribution >= 0.6 is 17.0 Å². The van der Waals surface area contributed by atoms with Crippen molar-refractivity contribution < 1.29 is 0 Å². The summed E-state index contributed by atoms with van der Waals surface area (Å²) >= 11 is 0. The average molecular weight is 289 g/mol. The molecule has 2 aromatic heterocycles. The van der Waals surface area contributed by atoms with Gasteiger partial charge in [0, 0.05) is 24.5 Å². The highest BCUT2D eigenvalue weighted by molar-refractivity contribution is 8.93. The van der Waals surface area contributed by atoms with E-state index in [9.17, 15) is 0 Å². The molecule has 0 aliphatic heterocycles. The first-order valence-electron chi connectivity index (χ1n) is 5.38. The van der Waals surface area contributed by atoms with Gasteiger partial charge in [-0.05, 0) is 17.7 Å². The van der Waals surface area contributed by atoms with Crippen LogP contribution in [0.3, 0.4) is 0 Å². The maximum absolute atomic E-state index is 4.38. The van der Waals surface area contributed by atoms with E-state index >= 15 is 0 Å². The van der Waals surface area contributed by atoms with Crippen LogP contribution in [0.1, 0.15) is 11.3 Å². The lowest BCUT2D eigenvalue weighted by atomic mass is 10.1. The Labute approximate surface area is 111 Å². The fourth-order valence-electron chi connectivity index (χ4n) is 1.92. The predicted octanol–water partition coefficient (Wildman–Crippen LogP) is 3.50. The maximum atomic E-state index is 4.38. The Hall–Kier alpha value is -1.61. The molecular formula is C14H13BrN2. The van der Waals surface area contributed by atoms with Gasteiger partial charge in [0.05, 0.1) is 0 Å². The Morgan fingerprint density at radius 2 is 1.71 bits per heavy atom. The van der Waals surface area contributed by atoms with Gasteiger partial charge in [-0.1, -0.05) is 36.4 Å². The molecule has 0 aliphatic rings. The van der Waals surface area contributed by atoms with Crippen molar-refractivity contribution >= 4 is 22.6 Å². The zero-order chi connectivity index (χ0) is 10.8. The number of hydrogen-bond acceptors (Lipinski definition) is 1. The molecule has 1 aromatic carbocycles. The molecule has 86 valence electrons. The van der Waals surface area contributed by atoms with Gasteiger partial charge in [-0.2, -0.15) is 0 Å². The minimum Gasteiger partial charge on any atom is -0.304 e. The van der Waals surface area contributed by atoms with Crippen LogP contribution in [0.2, 0.25) is 0 Å². The lowest BCUT2D eigenvalue weighted by Crippen LogP contribution is -1.93. The molecule has 2 heterocycles. The van der Waals surface area contributed by atoms with Crippen LogP contribution in [0.25, 0.3) is 5.65 Å². The molecule has 0 amide bonds. The first-order chi connectivity index (χ1) is 7.93. The number of fused-ring (bicyclic) bond motifs is 1. The second-order valence-corrected chi connectivity index (χ2v) is 3.84. The molecule has 0 atom stereocenters. The van der Waals surface area contributed by atoms with Gasteiger partial charge in [0.1, 0.15) is 5.65 Å². The minimum absolute atomic E-state index is 0. The monoisotopic (exact) mass is 288 g/mol. The third-order valence-corrected chi connectivity index (χ3v) is 2.72. The summed E-state index contributed by atoms with van der Waals surface area (Å²) in [6.07, 6.45) is 4.93. The van der Waals surface area contributed by atoms with Crippen molar-refractivity contribution in [3.8, 4) is 0 Å². The summed E-state index contributed by atoms with van der Waals surface area (Å²) in [6, 6.07) is 16.5. The van der Waals surface area contributed by atoms with Crippen LogP contribution in [0.5, 0.6) is 0 Å². The van der Waals surface area contributed by atoms with Gasteiger partial charge in [-0.25, -0.2) is 4.98 Å². The first kappa shape index (κ1) is 11.9. The molecule has 17 heavy (non-hydrogen) atoms. The molecule has 0 saturated heterocycles. The average Bonchev–Trinajstić information content (AvgIpc) is 2.74. The molecule has 3 rings (SSSR count). The molecule has 0 N–H and O–H groups in total. The normalized spacial score (nSPS) is 10.1. The Morgan fingerprint density at radius 3 is 2.53 bits per heavy atom. The van der Waals surface area contributed by atoms with Crippen LogP contribution in [-0.2, 0) is 6.42 Å². The third kappa shape index (κ3) is 2.39. The molecule has 0 spiro atoms. The SMILES string of the molecule is Br.c1ccc(Cc2cnc3ccccn23)cc1. The second-order valence-electron chi connectivity index (χ2n) is 3.84. The molecule has 3 heteroatoms. The molecule has 0 fully saturated rings. The van der Waals surface area contributed by atoms with E-state index in [4.69, 9.17) is 0 Å². The van der Waals surface area contributed by atoms with Crippen molar-refractivity contribution in [2.24, 2.45) is 0 Å². The Morgan fingerprint density at radius 1 is 0.941 bits per heavy atom. The van der Waals surface area contributed by atoms with E-state index in [1.165, 1.54) is 11.3 Å². The standard InChI is InChI=1S/C14H12N2.BrH/c1-2-6-12(7-3-1)10-13-11-15-14-8-4-5-9-16(13)14;/h1-9,11H,10H2;1H. The molecular weight excluding hydrogens is 276 g/mol. The Kier molecular flexibility index (Phi) is 3.59. The number of pyridine rings is 1. The van der Waals surface area contributed by atoms with Gasteiger partial charge in [-0.15, -0.1) is 17.0 Å². The van der Waals surface area contributed by atoms with Crippen LogP contribution in [0, 0.1) is 0 Å². The van der Waals surface area contributed by atoms with Gasteiger partial charge >= 0.3 is 0 Å². The molecule has 0 aliphatic carbocycles. The highest BCUT2D eigenvalue weighted by Gasteiger charge is 2.02. The van der Waals surface area contributed by atoms with E-state index in [1.807, 2.05) is 30.5 Å². The molecule has 3 aromatic rings. The summed E-state index contributed by atoms with van der Waals surface area (Å²) < 4.78 is 2.13. The van der Waals surface area contributed by atoms with Crippen molar-refractivity contribution in [2.75, 3.05) is 0 Å². The van der Waals surface area contributed by atoms with Gasteiger partial charge < -0.3 is 4.40 Å². The summed E-state index contributed by atoms with van der Waals surface area (Å²) in [4.78, 5) is 4.38. The molecule has 2 nitrogen and oxygen atoms in total.